The van der Waals surface area contributed by atoms with Crippen LogP contribution in [0.25, 0.3) is 10.9 Å². The number of H-pyrrole nitrogens is 1. The van der Waals surface area contributed by atoms with E-state index >= 15 is 0 Å². The van der Waals surface area contributed by atoms with Gasteiger partial charge in [0.2, 0.25) is 0 Å². The number of esters is 1. The molecule has 7 nitrogen and oxygen atoms in total. The second-order valence-corrected chi connectivity index (χ2v) is 11.9. The molecule has 0 radical (unpaired) electrons. The van der Waals surface area contributed by atoms with Crippen LogP contribution in [-0.4, -0.2) is 42.5 Å². The molecule has 2 rings (SSSR count). The largest absolute Gasteiger partial charge is 0.465 e. The van der Waals surface area contributed by atoms with Crippen molar-refractivity contribution in [1.82, 2.24) is 14.8 Å². The van der Waals surface area contributed by atoms with Crippen molar-refractivity contribution in [2.24, 2.45) is 0 Å². The zero-order valence-electron chi connectivity index (χ0n) is 13.3. The highest BCUT2D eigenvalue weighted by molar-refractivity contribution is 6.76. The molecule has 0 saturated carbocycles. The summed E-state index contributed by atoms with van der Waals surface area (Å²) in [5.74, 6) is -0.536. The Morgan fingerprint density at radius 2 is 2.14 bits per heavy atom. The summed E-state index contributed by atoms with van der Waals surface area (Å²) in [6.07, 6.45) is 2.90. The third-order valence-corrected chi connectivity index (χ3v) is 4.94. The molecular weight excluding hydrogens is 302 g/mol. The molecule has 0 amide bonds. The van der Waals surface area contributed by atoms with E-state index < -0.39 is 14.0 Å². The number of methoxy groups -OCH3 is 1. The first-order valence-corrected chi connectivity index (χ1v) is 10.8. The van der Waals surface area contributed by atoms with E-state index in [1.54, 1.807) is 6.20 Å². The first-order chi connectivity index (χ1) is 10.3. The lowest BCUT2D eigenvalue weighted by Gasteiger charge is -2.15. The molecule has 0 aromatic carbocycles. The van der Waals surface area contributed by atoms with E-state index in [0.29, 0.717) is 17.5 Å². The summed E-state index contributed by atoms with van der Waals surface area (Å²) >= 11 is 0. The number of ether oxygens (including phenoxy) is 2. The van der Waals surface area contributed by atoms with Crippen molar-refractivity contribution in [1.29, 1.82) is 0 Å². The summed E-state index contributed by atoms with van der Waals surface area (Å²) in [5.41, 5.74) is 0.262. The van der Waals surface area contributed by atoms with Gasteiger partial charge in [0.05, 0.1) is 12.5 Å². The van der Waals surface area contributed by atoms with E-state index in [9.17, 15) is 9.59 Å². The number of fused-ring (bicyclic) bond motifs is 1. The van der Waals surface area contributed by atoms with Gasteiger partial charge in [0.1, 0.15) is 17.8 Å². The fraction of sp³-hybridized carbons (Fsp3) is 0.500. The van der Waals surface area contributed by atoms with Crippen molar-refractivity contribution in [3.05, 3.63) is 28.3 Å². The van der Waals surface area contributed by atoms with Crippen LogP contribution < -0.4 is 5.56 Å². The maximum absolute atomic E-state index is 11.8. The Hall–Kier alpha value is -1.93. The Kier molecular flexibility index (Phi) is 4.82. The third kappa shape index (κ3) is 3.83. The van der Waals surface area contributed by atoms with Gasteiger partial charge in [-0.3, -0.25) is 4.79 Å². The van der Waals surface area contributed by atoms with E-state index in [0.717, 1.165) is 6.04 Å². The quantitative estimate of drug-likeness (QED) is 0.498. The average molecular weight is 323 g/mol. The fourth-order valence-electron chi connectivity index (χ4n) is 1.94. The SMILES string of the molecule is COC(=O)c1c[nH]c(=O)c2cn(COCC[Si](C)(C)C)nc12. The van der Waals surface area contributed by atoms with E-state index in [1.165, 1.54) is 18.0 Å². The van der Waals surface area contributed by atoms with E-state index in [2.05, 4.69) is 29.7 Å². The predicted octanol–water partition coefficient (Wildman–Crippen LogP) is 1.82. The monoisotopic (exact) mass is 323 g/mol. The van der Waals surface area contributed by atoms with Crippen molar-refractivity contribution in [3.63, 3.8) is 0 Å². The number of nitrogens with one attached hydrogen (secondary N) is 1. The van der Waals surface area contributed by atoms with Gasteiger partial charge in [-0.15, -0.1) is 0 Å². The topological polar surface area (TPSA) is 86.2 Å². The third-order valence-electron chi connectivity index (χ3n) is 3.23. The zero-order valence-corrected chi connectivity index (χ0v) is 14.3. The number of hydrogen-bond donors (Lipinski definition) is 1. The molecule has 2 aromatic heterocycles. The molecule has 0 aliphatic carbocycles. The van der Waals surface area contributed by atoms with E-state index in [1.807, 2.05) is 0 Å². The smallest absolute Gasteiger partial charge is 0.341 e. The number of nitrogens with zero attached hydrogens (tertiary/aromatic N) is 2. The van der Waals surface area contributed by atoms with Gasteiger partial charge < -0.3 is 14.5 Å². The molecule has 8 heteroatoms. The standard InChI is InChI=1S/C14H21N3O4Si/c1-20-14(19)10-7-15-13(18)11-8-17(16-12(10)11)9-21-5-6-22(2,3)4/h7-8H,5-6,9H2,1-4H3,(H,15,18). The number of carbonyl (C=O) groups excluding carboxylic acids is 1. The number of carbonyl (C=O) groups is 1. The molecule has 0 aliphatic heterocycles. The number of aromatic amines is 1. The van der Waals surface area contributed by atoms with Gasteiger partial charge in [0, 0.05) is 27.1 Å². The summed E-state index contributed by atoms with van der Waals surface area (Å²) < 4.78 is 11.8. The number of pyridine rings is 1. The lowest BCUT2D eigenvalue weighted by atomic mass is 10.2. The lowest BCUT2D eigenvalue weighted by Crippen LogP contribution is -2.22. The molecule has 0 aliphatic rings. The summed E-state index contributed by atoms with van der Waals surface area (Å²) in [5, 5.41) is 4.60. The van der Waals surface area contributed by atoms with Crippen LogP contribution in [0.4, 0.5) is 0 Å². The van der Waals surface area contributed by atoms with Crippen LogP contribution in [0.1, 0.15) is 10.4 Å². The lowest BCUT2D eigenvalue weighted by molar-refractivity contribution is 0.0601. The molecular formula is C14H21N3O4Si. The van der Waals surface area contributed by atoms with Crippen LogP contribution in [0.15, 0.2) is 17.2 Å². The fourth-order valence-corrected chi connectivity index (χ4v) is 2.70. The Morgan fingerprint density at radius 3 is 2.77 bits per heavy atom. The summed E-state index contributed by atoms with van der Waals surface area (Å²) in [6.45, 7) is 7.74. The van der Waals surface area contributed by atoms with E-state index in [-0.39, 0.29) is 17.9 Å². The minimum atomic E-state index is -1.14. The van der Waals surface area contributed by atoms with Crippen LogP contribution in [0, 0.1) is 0 Å². The second kappa shape index (κ2) is 6.45. The average Bonchev–Trinajstić information content (AvgIpc) is 2.87. The van der Waals surface area contributed by atoms with Gasteiger partial charge in [0.15, 0.2) is 0 Å². The zero-order chi connectivity index (χ0) is 16.3. The molecule has 0 bridgehead atoms. The van der Waals surface area contributed by atoms with Crippen LogP contribution in [0.5, 0.6) is 0 Å². The Bertz CT molecular complexity index is 730. The van der Waals surface area contributed by atoms with Crippen molar-refractivity contribution < 1.29 is 14.3 Å². The molecule has 1 N–H and O–H groups in total. The van der Waals surface area contributed by atoms with Crippen LogP contribution in [0.3, 0.4) is 0 Å². The first kappa shape index (κ1) is 16.4. The van der Waals surface area contributed by atoms with Gasteiger partial charge in [-0.2, -0.15) is 5.10 Å². The van der Waals surface area contributed by atoms with Gasteiger partial charge in [-0.25, -0.2) is 9.48 Å². The molecule has 0 fully saturated rings. The second-order valence-electron chi connectivity index (χ2n) is 6.30. The summed E-state index contributed by atoms with van der Waals surface area (Å²) in [7, 11) is 0.152. The van der Waals surface area contributed by atoms with Crippen LogP contribution >= 0.6 is 0 Å². The summed E-state index contributed by atoms with van der Waals surface area (Å²) in [6, 6.07) is 1.06. The van der Waals surface area contributed by atoms with E-state index in [4.69, 9.17) is 9.47 Å². The van der Waals surface area contributed by atoms with Crippen molar-refractivity contribution in [3.8, 4) is 0 Å². The normalized spacial score (nSPS) is 11.8. The number of hydrogen-bond acceptors (Lipinski definition) is 5. The highest BCUT2D eigenvalue weighted by Gasteiger charge is 2.16. The predicted molar refractivity (Wildman–Crippen MR) is 85.8 cm³/mol. The molecule has 0 atom stereocenters. The Labute approximate surface area is 129 Å². The first-order valence-electron chi connectivity index (χ1n) is 7.07. The maximum atomic E-state index is 11.8. The van der Waals surface area contributed by atoms with Crippen molar-refractivity contribution >= 4 is 24.9 Å². The van der Waals surface area contributed by atoms with Crippen molar-refractivity contribution in [2.75, 3.05) is 13.7 Å². The summed E-state index contributed by atoms with van der Waals surface area (Å²) in [4.78, 5) is 26.0. The van der Waals surface area contributed by atoms with Crippen LogP contribution in [-0.2, 0) is 16.2 Å². The Morgan fingerprint density at radius 1 is 1.41 bits per heavy atom. The van der Waals surface area contributed by atoms with Gasteiger partial charge >= 0.3 is 5.97 Å². The highest BCUT2D eigenvalue weighted by Crippen LogP contribution is 2.14. The number of aromatic nitrogens is 3. The molecule has 0 spiro atoms. The molecule has 2 aromatic rings. The minimum Gasteiger partial charge on any atom is -0.465 e. The highest BCUT2D eigenvalue weighted by atomic mass is 28.3. The molecule has 0 saturated heterocycles. The van der Waals surface area contributed by atoms with Crippen molar-refractivity contribution in [2.45, 2.75) is 32.4 Å². The maximum Gasteiger partial charge on any atom is 0.341 e. The van der Waals surface area contributed by atoms with Gasteiger partial charge in [0.25, 0.3) is 5.56 Å². The molecule has 22 heavy (non-hydrogen) atoms. The molecule has 0 unspecified atom stereocenters. The Balaban J connectivity index is 2.18. The molecule has 2 heterocycles. The van der Waals surface area contributed by atoms with Crippen LogP contribution in [0.2, 0.25) is 25.7 Å². The molecule has 120 valence electrons. The minimum absolute atomic E-state index is 0.234. The number of rotatable bonds is 6. The van der Waals surface area contributed by atoms with Gasteiger partial charge in [-0.1, -0.05) is 19.6 Å². The van der Waals surface area contributed by atoms with Gasteiger partial charge in [-0.05, 0) is 6.04 Å².